The van der Waals surface area contributed by atoms with Crippen molar-refractivity contribution in [2.45, 2.75) is 116 Å². The van der Waals surface area contributed by atoms with Gasteiger partial charge in [0.15, 0.2) is 0 Å². The van der Waals surface area contributed by atoms with Crippen molar-refractivity contribution in [3.63, 3.8) is 0 Å². The normalized spacial score (nSPS) is 23.9. The highest BCUT2D eigenvalue weighted by atomic mass is 15.3. The molecule has 0 radical (unpaired) electrons. The van der Waals surface area contributed by atoms with Gasteiger partial charge in [-0.15, -0.1) is 0 Å². The van der Waals surface area contributed by atoms with Crippen molar-refractivity contribution in [3.8, 4) is 0 Å². The molecule has 2 nitrogen and oxygen atoms in total. The molecule has 2 fully saturated rings. The first kappa shape index (κ1) is 24.9. The van der Waals surface area contributed by atoms with Crippen molar-refractivity contribution < 1.29 is 0 Å². The Labute approximate surface area is 209 Å². The van der Waals surface area contributed by atoms with E-state index in [0.29, 0.717) is 0 Å². The molecule has 2 aliphatic rings. The Hall–Kier alpha value is -2.22. The predicted molar refractivity (Wildman–Crippen MR) is 147 cm³/mol. The zero-order chi connectivity index (χ0) is 24.8. The van der Waals surface area contributed by atoms with E-state index in [1.165, 1.54) is 61.0 Å². The van der Waals surface area contributed by atoms with Crippen molar-refractivity contribution >= 4 is 11.4 Å². The SMILES string of the molecule is CC1(C)CCCC(C)(C)N1/C(=C(\c1ccccc1)N1C(C)(C)CCCC1(C)C)c1ccccc1. The molecule has 0 unspecified atom stereocenters. The summed E-state index contributed by atoms with van der Waals surface area (Å²) in [6.07, 6.45) is 7.40. The highest BCUT2D eigenvalue weighted by Crippen LogP contribution is 2.51. The van der Waals surface area contributed by atoms with Crippen LogP contribution in [0, 0.1) is 0 Å². The Morgan fingerprint density at radius 3 is 1.00 bits per heavy atom. The highest BCUT2D eigenvalue weighted by Gasteiger charge is 2.48. The third kappa shape index (κ3) is 4.53. The summed E-state index contributed by atoms with van der Waals surface area (Å²) in [5.74, 6) is 0. The molecule has 0 aliphatic carbocycles. The molecular formula is C32H46N2. The minimum absolute atomic E-state index is 0.0665. The molecule has 0 aromatic heterocycles. The van der Waals surface area contributed by atoms with Gasteiger partial charge in [0.1, 0.15) is 0 Å². The smallest absolute Gasteiger partial charge is 0.0693 e. The van der Waals surface area contributed by atoms with E-state index in [1.807, 2.05) is 0 Å². The second-order valence-corrected chi connectivity index (χ2v) is 13.1. The highest BCUT2D eigenvalue weighted by molar-refractivity contribution is 5.90. The van der Waals surface area contributed by atoms with Crippen LogP contribution in [0.25, 0.3) is 11.4 Å². The summed E-state index contributed by atoms with van der Waals surface area (Å²) < 4.78 is 0. The van der Waals surface area contributed by atoms with Gasteiger partial charge in [-0.05, 0) is 105 Å². The minimum Gasteiger partial charge on any atom is -0.359 e. The number of hydrogen-bond donors (Lipinski definition) is 0. The number of benzene rings is 2. The van der Waals surface area contributed by atoms with Gasteiger partial charge in [0.2, 0.25) is 0 Å². The molecule has 0 amide bonds. The molecule has 0 saturated carbocycles. The van der Waals surface area contributed by atoms with Gasteiger partial charge in [-0.25, -0.2) is 0 Å². The van der Waals surface area contributed by atoms with Crippen LogP contribution in [0.15, 0.2) is 60.7 Å². The predicted octanol–water partition coefficient (Wildman–Crippen LogP) is 8.60. The lowest BCUT2D eigenvalue weighted by atomic mass is 9.76. The van der Waals surface area contributed by atoms with Crippen LogP contribution in [-0.2, 0) is 0 Å². The Morgan fingerprint density at radius 1 is 0.471 bits per heavy atom. The molecule has 2 aromatic carbocycles. The van der Waals surface area contributed by atoms with Crippen molar-refractivity contribution in [3.05, 3.63) is 71.8 Å². The van der Waals surface area contributed by atoms with Gasteiger partial charge in [-0.2, -0.15) is 0 Å². The Balaban J connectivity index is 2.14. The van der Waals surface area contributed by atoms with E-state index in [1.54, 1.807) is 0 Å². The van der Waals surface area contributed by atoms with E-state index in [2.05, 4.69) is 126 Å². The van der Waals surface area contributed by atoms with Crippen molar-refractivity contribution in [1.29, 1.82) is 0 Å². The summed E-state index contributed by atoms with van der Waals surface area (Å²) in [4.78, 5) is 5.59. The first-order chi connectivity index (χ1) is 15.9. The molecule has 0 spiro atoms. The summed E-state index contributed by atoms with van der Waals surface area (Å²) in [6, 6.07) is 22.4. The number of nitrogens with zero attached hydrogens (tertiary/aromatic N) is 2. The van der Waals surface area contributed by atoms with E-state index in [0.717, 1.165) is 0 Å². The largest absolute Gasteiger partial charge is 0.359 e. The molecular weight excluding hydrogens is 412 g/mol. The van der Waals surface area contributed by atoms with Crippen LogP contribution in [0.5, 0.6) is 0 Å². The molecule has 184 valence electrons. The van der Waals surface area contributed by atoms with Gasteiger partial charge in [-0.1, -0.05) is 60.7 Å². The van der Waals surface area contributed by atoms with E-state index < -0.39 is 0 Å². The molecule has 2 aliphatic heterocycles. The quantitative estimate of drug-likeness (QED) is 0.423. The number of piperidine rings is 2. The maximum absolute atomic E-state index is 2.79. The molecule has 0 bridgehead atoms. The fourth-order valence-electron chi connectivity index (χ4n) is 7.14. The Morgan fingerprint density at radius 2 is 0.735 bits per heavy atom. The standard InChI is InChI=1S/C32H46N2/c1-29(2)21-15-22-30(3,4)33(29)27(25-17-11-9-12-18-25)28(26-19-13-10-14-20-26)34-31(5,6)23-16-24-32(34,7)8/h9-14,17-20H,15-16,21-24H2,1-8H3/b28-27+. The zero-order valence-electron chi connectivity index (χ0n) is 22.9. The second-order valence-electron chi connectivity index (χ2n) is 13.1. The number of hydrogen-bond acceptors (Lipinski definition) is 2. The van der Waals surface area contributed by atoms with Crippen LogP contribution in [0.1, 0.15) is 105 Å². The summed E-state index contributed by atoms with van der Waals surface area (Å²) in [6.45, 7) is 19.6. The fourth-order valence-corrected chi connectivity index (χ4v) is 7.14. The average molecular weight is 459 g/mol. The maximum Gasteiger partial charge on any atom is 0.0693 e. The van der Waals surface area contributed by atoms with Gasteiger partial charge in [0.05, 0.1) is 11.4 Å². The Bertz CT molecular complexity index is 896. The van der Waals surface area contributed by atoms with E-state index in [9.17, 15) is 0 Å². The van der Waals surface area contributed by atoms with Gasteiger partial charge >= 0.3 is 0 Å². The molecule has 0 N–H and O–H groups in total. The summed E-state index contributed by atoms with van der Waals surface area (Å²) in [7, 11) is 0. The van der Waals surface area contributed by atoms with Gasteiger partial charge in [0, 0.05) is 22.2 Å². The molecule has 34 heavy (non-hydrogen) atoms. The van der Waals surface area contributed by atoms with Crippen molar-refractivity contribution in [2.24, 2.45) is 0 Å². The van der Waals surface area contributed by atoms with Crippen LogP contribution in [-0.4, -0.2) is 32.0 Å². The van der Waals surface area contributed by atoms with Crippen LogP contribution in [0.3, 0.4) is 0 Å². The van der Waals surface area contributed by atoms with Crippen molar-refractivity contribution in [1.82, 2.24) is 9.80 Å². The second kappa shape index (κ2) is 8.77. The molecule has 2 heterocycles. The average Bonchev–Trinajstić information content (AvgIpc) is 2.74. The van der Waals surface area contributed by atoms with Crippen LogP contribution in [0.2, 0.25) is 0 Å². The van der Waals surface area contributed by atoms with Crippen molar-refractivity contribution in [2.75, 3.05) is 0 Å². The van der Waals surface area contributed by atoms with Gasteiger partial charge in [0.25, 0.3) is 0 Å². The lowest BCUT2D eigenvalue weighted by molar-refractivity contribution is 0.0164. The third-order valence-corrected chi connectivity index (χ3v) is 8.34. The van der Waals surface area contributed by atoms with Gasteiger partial charge in [-0.3, -0.25) is 0 Å². The number of likely N-dealkylation sites (tertiary alicyclic amines) is 2. The Kier molecular flexibility index (Phi) is 6.42. The molecule has 2 saturated heterocycles. The fraction of sp³-hybridized carbons (Fsp3) is 0.562. The van der Waals surface area contributed by atoms with E-state index in [-0.39, 0.29) is 22.2 Å². The number of rotatable bonds is 4. The summed E-state index contributed by atoms with van der Waals surface area (Å²) in [5.41, 5.74) is 5.69. The molecule has 4 rings (SSSR count). The topological polar surface area (TPSA) is 6.48 Å². The first-order valence-corrected chi connectivity index (χ1v) is 13.3. The maximum atomic E-state index is 2.79. The van der Waals surface area contributed by atoms with E-state index >= 15 is 0 Å². The summed E-state index contributed by atoms with van der Waals surface area (Å²) >= 11 is 0. The van der Waals surface area contributed by atoms with Gasteiger partial charge < -0.3 is 9.80 Å². The molecule has 2 heteroatoms. The monoisotopic (exact) mass is 458 g/mol. The molecule has 0 atom stereocenters. The van der Waals surface area contributed by atoms with Crippen LogP contribution >= 0.6 is 0 Å². The van der Waals surface area contributed by atoms with Crippen LogP contribution < -0.4 is 0 Å². The van der Waals surface area contributed by atoms with Crippen LogP contribution in [0.4, 0.5) is 0 Å². The third-order valence-electron chi connectivity index (χ3n) is 8.34. The first-order valence-electron chi connectivity index (χ1n) is 13.3. The van der Waals surface area contributed by atoms with E-state index in [4.69, 9.17) is 0 Å². The minimum atomic E-state index is 0.0665. The molecule has 2 aromatic rings. The lowest BCUT2D eigenvalue weighted by Crippen LogP contribution is -2.60. The summed E-state index contributed by atoms with van der Waals surface area (Å²) in [5, 5.41) is 0. The zero-order valence-corrected chi connectivity index (χ0v) is 22.9. The lowest BCUT2D eigenvalue weighted by Gasteiger charge is -2.60.